The molecule has 1 fully saturated rings. The Balaban J connectivity index is 2.34. The summed E-state index contributed by atoms with van der Waals surface area (Å²) in [5.74, 6) is -0.722. The summed E-state index contributed by atoms with van der Waals surface area (Å²) in [6.45, 7) is 1.72. The van der Waals surface area contributed by atoms with Crippen molar-refractivity contribution in [2.45, 2.75) is 18.6 Å². The number of piperazine rings is 1. The summed E-state index contributed by atoms with van der Waals surface area (Å²) in [7, 11) is 0. The summed E-state index contributed by atoms with van der Waals surface area (Å²) in [5, 5.41) is 3.10. The lowest BCUT2D eigenvalue weighted by molar-refractivity contribution is -0.137. The Bertz CT molecular complexity index is 469. The molecule has 2 nitrogen and oxygen atoms in total. The predicted octanol–water partition coefficient (Wildman–Crippen LogP) is 3.15. The highest BCUT2D eigenvalue weighted by molar-refractivity contribution is 5.29. The van der Waals surface area contributed by atoms with Crippen molar-refractivity contribution in [3.63, 3.8) is 0 Å². The van der Waals surface area contributed by atoms with Crippen molar-refractivity contribution in [3.8, 4) is 0 Å². The lowest BCUT2D eigenvalue weighted by Crippen LogP contribution is -2.45. The number of hydrogen-bond acceptors (Lipinski definition) is 2. The van der Waals surface area contributed by atoms with E-state index in [1.54, 1.807) is 0 Å². The first-order chi connectivity index (χ1) is 9.93. The lowest BCUT2D eigenvalue weighted by atomic mass is 9.98. The Hall–Kier alpha value is -1.21. The Labute approximate surface area is 119 Å². The van der Waals surface area contributed by atoms with Crippen molar-refractivity contribution in [1.29, 1.82) is 0 Å². The monoisotopic (exact) mass is 308 g/mol. The summed E-state index contributed by atoms with van der Waals surface area (Å²) in [6, 6.07) is 1.66. The van der Waals surface area contributed by atoms with Gasteiger partial charge >= 0.3 is 6.18 Å². The molecule has 21 heavy (non-hydrogen) atoms. The number of nitrogens with one attached hydrogen (secondary N) is 1. The topological polar surface area (TPSA) is 15.3 Å². The van der Waals surface area contributed by atoms with Crippen LogP contribution in [0.5, 0.6) is 0 Å². The van der Waals surface area contributed by atoms with Crippen LogP contribution in [0.25, 0.3) is 0 Å². The van der Waals surface area contributed by atoms with Gasteiger partial charge in [-0.25, -0.2) is 4.39 Å². The molecule has 0 aromatic heterocycles. The van der Waals surface area contributed by atoms with Gasteiger partial charge in [0.15, 0.2) is 0 Å². The maximum absolute atomic E-state index is 14.0. The van der Waals surface area contributed by atoms with Crippen molar-refractivity contribution in [2.75, 3.05) is 32.9 Å². The van der Waals surface area contributed by atoms with E-state index in [4.69, 9.17) is 0 Å². The first-order valence-electron chi connectivity index (χ1n) is 6.81. The van der Waals surface area contributed by atoms with Gasteiger partial charge in [0.1, 0.15) is 5.82 Å². The van der Waals surface area contributed by atoms with Crippen molar-refractivity contribution >= 4 is 0 Å². The van der Waals surface area contributed by atoms with Gasteiger partial charge in [0.05, 0.1) is 12.2 Å². The van der Waals surface area contributed by atoms with E-state index in [9.17, 15) is 22.0 Å². The molecule has 0 saturated carbocycles. The van der Waals surface area contributed by atoms with Crippen LogP contribution in [0.3, 0.4) is 0 Å². The van der Waals surface area contributed by atoms with Gasteiger partial charge in [0.2, 0.25) is 0 Å². The fourth-order valence-corrected chi connectivity index (χ4v) is 2.61. The lowest BCUT2D eigenvalue weighted by Gasteiger charge is -2.35. The molecule has 1 aliphatic rings. The number of nitrogens with zero attached hydrogens (tertiary/aromatic N) is 1. The Morgan fingerprint density at radius 2 is 1.86 bits per heavy atom. The normalized spacial score (nSPS) is 18.7. The van der Waals surface area contributed by atoms with Crippen molar-refractivity contribution < 1.29 is 22.0 Å². The van der Waals surface area contributed by atoms with Crippen LogP contribution >= 0.6 is 0 Å². The molecule has 0 aliphatic carbocycles. The quantitative estimate of drug-likeness (QED) is 0.860. The van der Waals surface area contributed by atoms with Gasteiger partial charge in [-0.2, -0.15) is 13.2 Å². The Morgan fingerprint density at radius 1 is 1.19 bits per heavy atom. The molecule has 7 heteroatoms. The van der Waals surface area contributed by atoms with E-state index in [0.717, 1.165) is 12.1 Å². The van der Waals surface area contributed by atoms with Crippen molar-refractivity contribution in [3.05, 3.63) is 35.1 Å². The van der Waals surface area contributed by atoms with Crippen LogP contribution in [0.15, 0.2) is 18.2 Å². The zero-order chi connectivity index (χ0) is 15.5. The van der Waals surface area contributed by atoms with E-state index in [1.807, 2.05) is 4.90 Å². The van der Waals surface area contributed by atoms with Gasteiger partial charge in [-0.1, -0.05) is 0 Å². The van der Waals surface area contributed by atoms with Gasteiger partial charge in [0, 0.05) is 37.8 Å². The summed E-state index contributed by atoms with van der Waals surface area (Å²) in [6.07, 6.45) is -4.55. The molecule has 1 aromatic rings. The standard InChI is InChI=1S/C14H17F5N2/c15-4-3-13(21-7-5-20-6-8-21)11-9-10(14(17,18)19)1-2-12(11)16/h1-2,9,13,20H,3-8H2/t13-/m1/s1. The molecule has 0 unspecified atom stereocenters. The molecule has 0 spiro atoms. The van der Waals surface area contributed by atoms with E-state index in [1.165, 1.54) is 0 Å². The summed E-state index contributed by atoms with van der Waals surface area (Å²) < 4.78 is 65.0. The second-order valence-corrected chi connectivity index (χ2v) is 5.01. The number of benzene rings is 1. The van der Waals surface area contributed by atoms with Gasteiger partial charge in [-0.3, -0.25) is 9.29 Å². The minimum atomic E-state index is -4.54. The number of rotatable bonds is 4. The van der Waals surface area contributed by atoms with Crippen LogP contribution in [0.1, 0.15) is 23.6 Å². The highest BCUT2D eigenvalue weighted by atomic mass is 19.4. The molecule has 1 aromatic carbocycles. The Kier molecular flexibility index (Phi) is 5.16. The Morgan fingerprint density at radius 3 is 2.43 bits per heavy atom. The molecular weight excluding hydrogens is 291 g/mol. The zero-order valence-electron chi connectivity index (χ0n) is 11.4. The summed E-state index contributed by atoms with van der Waals surface area (Å²) >= 11 is 0. The third kappa shape index (κ3) is 3.91. The molecule has 1 atom stereocenters. The predicted molar refractivity (Wildman–Crippen MR) is 69.2 cm³/mol. The molecule has 1 N–H and O–H groups in total. The summed E-state index contributed by atoms with van der Waals surface area (Å²) in [5.41, 5.74) is -0.984. The first kappa shape index (κ1) is 16.2. The van der Waals surface area contributed by atoms with Crippen LogP contribution in [0.4, 0.5) is 22.0 Å². The average molecular weight is 308 g/mol. The van der Waals surface area contributed by atoms with Crippen LogP contribution in [-0.2, 0) is 6.18 Å². The van der Waals surface area contributed by atoms with Gasteiger partial charge in [0.25, 0.3) is 0 Å². The van der Waals surface area contributed by atoms with E-state index in [0.29, 0.717) is 32.2 Å². The smallest absolute Gasteiger partial charge is 0.314 e. The maximum Gasteiger partial charge on any atom is 0.416 e. The number of halogens is 5. The molecule has 2 rings (SSSR count). The average Bonchev–Trinajstić information content (AvgIpc) is 2.45. The van der Waals surface area contributed by atoms with Gasteiger partial charge < -0.3 is 5.32 Å². The second kappa shape index (κ2) is 6.70. The SMILES string of the molecule is FCC[C@H](c1cc(C(F)(F)F)ccc1F)N1CCNCC1. The van der Waals surface area contributed by atoms with E-state index >= 15 is 0 Å². The van der Waals surface area contributed by atoms with Gasteiger partial charge in [-0.15, -0.1) is 0 Å². The fraction of sp³-hybridized carbons (Fsp3) is 0.571. The molecule has 118 valence electrons. The third-order valence-corrected chi connectivity index (χ3v) is 3.66. The molecule has 0 bridgehead atoms. The second-order valence-electron chi connectivity index (χ2n) is 5.01. The maximum atomic E-state index is 14.0. The van der Waals surface area contributed by atoms with E-state index in [-0.39, 0.29) is 12.0 Å². The summed E-state index contributed by atoms with van der Waals surface area (Å²) in [4.78, 5) is 1.83. The largest absolute Gasteiger partial charge is 0.416 e. The first-order valence-corrected chi connectivity index (χ1v) is 6.81. The highest BCUT2D eigenvalue weighted by Gasteiger charge is 2.33. The highest BCUT2D eigenvalue weighted by Crippen LogP contribution is 2.34. The zero-order valence-corrected chi connectivity index (χ0v) is 11.4. The van der Waals surface area contributed by atoms with Crippen molar-refractivity contribution in [2.24, 2.45) is 0 Å². The minimum Gasteiger partial charge on any atom is -0.314 e. The van der Waals surface area contributed by atoms with Crippen molar-refractivity contribution in [1.82, 2.24) is 10.2 Å². The van der Waals surface area contributed by atoms with E-state index < -0.39 is 30.3 Å². The number of hydrogen-bond donors (Lipinski definition) is 1. The van der Waals surface area contributed by atoms with Crippen LogP contribution in [0, 0.1) is 5.82 Å². The van der Waals surface area contributed by atoms with Gasteiger partial charge in [-0.05, 0) is 24.6 Å². The molecule has 1 aliphatic heterocycles. The molecule has 1 heterocycles. The minimum absolute atomic E-state index is 0.0156. The van der Waals surface area contributed by atoms with E-state index in [2.05, 4.69) is 5.32 Å². The van der Waals surface area contributed by atoms with Crippen LogP contribution in [-0.4, -0.2) is 37.8 Å². The molecular formula is C14H17F5N2. The third-order valence-electron chi connectivity index (χ3n) is 3.66. The molecule has 0 radical (unpaired) electrons. The fourth-order valence-electron chi connectivity index (χ4n) is 2.61. The molecule has 0 amide bonds. The van der Waals surface area contributed by atoms with Crippen LogP contribution in [0.2, 0.25) is 0 Å². The molecule has 1 saturated heterocycles. The van der Waals surface area contributed by atoms with Crippen LogP contribution < -0.4 is 5.32 Å². The number of alkyl halides is 4.